The van der Waals surface area contributed by atoms with E-state index in [4.69, 9.17) is 0 Å². The quantitative estimate of drug-likeness (QED) is 0.153. The summed E-state index contributed by atoms with van der Waals surface area (Å²) in [6.45, 7) is 3.86. The highest BCUT2D eigenvalue weighted by Crippen LogP contribution is 2.36. The summed E-state index contributed by atoms with van der Waals surface area (Å²) in [4.78, 5) is 4.95. The van der Waals surface area contributed by atoms with Gasteiger partial charge < -0.3 is 18.9 Å². The van der Waals surface area contributed by atoms with Gasteiger partial charge in [-0.15, -0.1) is 0 Å². The highest BCUT2D eigenvalue weighted by atomic mass is 15.1. The highest BCUT2D eigenvalue weighted by molar-refractivity contribution is 6.11. The fourth-order valence-corrected chi connectivity index (χ4v) is 7.48. The maximum absolute atomic E-state index is 2.48. The molecule has 2 aromatic heterocycles. The Balaban J connectivity index is 1.01. The van der Waals surface area contributed by atoms with E-state index in [0.717, 1.165) is 32.6 Å². The second-order valence-corrected chi connectivity index (χ2v) is 12.8. The van der Waals surface area contributed by atoms with Crippen LogP contribution in [-0.2, 0) is 13.1 Å². The topological polar surface area (TPSA) is 16.3 Å². The third-order valence-electron chi connectivity index (χ3n) is 9.55. The lowest BCUT2D eigenvalue weighted by Gasteiger charge is -2.22. The van der Waals surface area contributed by atoms with Crippen LogP contribution in [0.1, 0.15) is 17.5 Å². The van der Waals surface area contributed by atoms with Gasteiger partial charge in [-0.25, -0.2) is 0 Å². The van der Waals surface area contributed by atoms with Crippen molar-refractivity contribution in [1.82, 2.24) is 18.9 Å². The molecule has 0 radical (unpaired) electrons. The Morgan fingerprint density at radius 3 is 1.23 bits per heavy atom. The molecule has 0 amide bonds. The van der Waals surface area contributed by atoms with Crippen molar-refractivity contribution in [2.45, 2.75) is 19.5 Å². The van der Waals surface area contributed by atoms with Gasteiger partial charge >= 0.3 is 0 Å². The van der Waals surface area contributed by atoms with Gasteiger partial charge in [-0.3, -0.25) is 0 Å². The summed E-state index contributed by atoms with van der Waals surface area (Å²) in [7, 11) is 4.51. The van der Waals surface area contributed by atoms with Crippen LogP contribution < -0.4 is 0 Å². The first kappa shape index (κ1) is 29.3. The molecular formula is C43H40N4. The second kappa shape index (κ2) is 12.6. The summed E-state index contributed by atoms with van der Waals surface area (Å²) >= 11 is 0. The monoisotopic (exact) mass is 612 g/mol. The minimum absolute atomic E-state index is 0.903. The van der Waals surface area contributed by atoms with Crippen LogP contribution in [0.5, 0.6) is 0 Å². The van der Waals surface area contributed by atoms with Crippen molar-refractivity contribution in [3.63, 3.8) is 0 Å². The van der Waals surface area contributed by atoms with Gasteiger partial charge in [0, 0.05) is 46.0 Å². The number of hydrogen-bond acceptors (Lipinski definition) is 2. The SMILES string of the molecule is CN(CCCN(C)Cc1cccc2c3ccccc3n(-c3ccccc3)c12)Cc1cccc2c3ccccc3n(-c3ccccc3)c12. The fraction of sp³-hybridized carbons (Fsp3) is 0.163. The molecule has 0 aliphatic rings. The molecule has 0 saturated carbocycles. The zero-order valence-corrected chi connectivity index (χ0v) is 27.2. The van der Waals surface area contributed by atoms with E-state index in [1.807, 2.05) is 0 Å². The Bertz CT molecular complexity index is 2150. The fourth-order valence-electron chi connectivity index (χ4n) is 7.48. The van der Waals surface area contributed by atoms with Crippen LogP contribution in [0.4, 0.5) is 0 Å². The second-order valence-electron chi connectivity index (χ2n) is 12.8. The first-order valence-electron chi connectivity index (χ1n) is 16.7. The van der Waals surface area contributed by atoms with Crippen LogP contribution in [-0.4, -0.2) is 46.1 Å². The van der Waals surface area contributed by atoms with Crippen LogP contribution in [0, 0.1) is 0 Å². The van der Waals surface area contributed by atoms with Crippen molar-refractivity contribution in [3.05, 3.63) is 157 Å². The van der Waals surface area contributed by atoms with E-state index in [9.17, 15) is 0 Å². The lowest BCUT2D eigenvalue weighted by Crippen LogP contribution is -2.25. The van der Waals surface area contributed by atoms with Crippen LogP contribution in [0.2, 0.25) is 0 Å². The van der Waals surface area contributed by atoms with Gasteiger partial charge in [0.2, 0.25) is 0 Å². The molecule has 0 aliphatic carbocycles. The number of rotatable bonds is 10. The third-order valence-corrected chi connectivity index (χ3v) is 9.55. The number of nitrogens with zero attached hydrogens (tertiary/aromatic N) is 4. The maximum Gasteiger partial charge on any atom is 0.0586 e. The predicted octanol–water partition coefficient (Wildman–Crippen LogP) is 9.83. The Hall–Kier alpha value is -5.16. The maximum atomic E-state index is 2.48. The molecule has 2 heterocycles. The number of para-hydroxylation sites is 6. The molecule has 0 fully saturated rings. The van der Waals surface area contributed by atoms with E-state index in [0.29, 0.717) is 0 Å². The average molecular weight is 613 g/mol. The normalized spacial score (nSPS) is 12.0. The van der Waals surface area contributed by atoms with E-state index in [1.54, 1.807) is 0 Å². The summed E-state index contributed by atoms with van der Waals surface area (Å²) in [5.41, 5.74) is 10.3. The predicted molar refractivity (Wildman–Crippen MR) is 199 cm³/mol. The van der Waals surface area contributed by atoms with Crippen molar-refractivity contribution in [3.8, 4) is 11.4 Å². The summed E-state index contributed by atoms with van der Waals surface area (Å²) in [5.74, 6) is 0. The van der Waals surface area contributed by atoms with Crippen molar-refractivity contribution in [1.29, 1.82) is 0 Å². The molecule has 6 aromatic carbocycles. The van der Waals surface area contributed by atoms with Gasteiger partial charge in [-0.2, -0.15) is 0 Å². The molecule has 8 rings (SSSR count). The molecule has 47 heavy (non-hydrogen) atoms. The Morgan fingerprint density at radius 1 is 0.404 bits per heavy atom. The molecule has 8 aromatic rings. The summed E-state index contributed by atoms with van der Waals surface area (Å²) in [5, 5.41) is 5.24. The van der Waals surface area contributed by atoms with Gasteiger partial charge in [0.05, 0.1) is 22.1 Å². The summed E-state index contributed by atoms with van der Waals surface area (Å²) in [6.07, 6.45) is 1.10. The summed E-state index contributed by atoms with van der Waals surface area (Å²) in [6, 6.07) is 52.7. The largest absolute Gasteiger partial charge is 0.309 e. The number of benzene rings is 6. The Labute approximate surface area is 276 Å². The molecule has 4 heteroatoms. The minimum Gasteiger partial charge on any atom is -0.309 e. The molecule has 0 unspecified atom stereocenters. The Kier molecular flexibility index (Phi) is 7.82. The Morgan fingerprint density at radius 2 is 0.787 bits per heavy atom. The van der Waals surface area contributed by atoms with Crippen LogP contribution in [0.15, 0.2) is 146 Å². The van der Waals surface area contributed by atoms with Gasteiger partial charge in [0.1, 0.15) is 0 Å². The van der Waals surface area contributed by atoms with E-state index in [2.05, 4.69) is 179 Å². The lowest BCUT2D eigenvalue weighted by molar-refractivity contribution is 0.271. The minimum atomic E-state index is 0.903. The van der Waals surface area contributed by atoms with Crippen molar-refractivity contribution >= 4 is 43.6 Å². The number of fused-ring (bicyclic) bond motifs is 6. The smallest absolute Gasteiger partial charge is 0.0586 e. The molecule has 4 nitrogen and oxygen atoms in total. The molecule has 0 bridgehead atoms. The third kappa shape index (κ3) is 5.40. The van der Waals surface area contributed by atoms with Crippen LogP contribution in [0.3, 0.4) is 0 Å². The molecule has 0 saturated heterocycles. The molecule has 0 N–H and O–H groups in total. The van der Waals surface area contributed by atoms with E-state index < -0.39 is 0 Å². The molecule has 0 aliphatic heterocycles. The summed E-state index contributed by atoms with van der Waals surface area (Å²) < 4.78 is 4.88. The number of aromatic nitrogens is 2. The van der Waals surface area contributed by atoms with Crippen molar-refractivity contribution in [2.24, 2.45) is 0 Å². The van der Waals surface area contributed by atoms with Gasteiger partial charge in [0.25, 0.3) is 0 Å². The molecule has 0 spiro atoms. The van der Waals surface area contributed by atoms with Crippen LogP contribution >= 0.6 is 0 Å². The van der Waals surface area contributed by atoms with Gasteiger partial charge in [-0.1, -0.05) is 109 Å². The number of hydrogen-bond donors (Lipinski definition) is 0. The average Bonchev–Trinajstić information content (AvgIpc) is 3.64. The molecular weight excluding hydrogens is 573 g/mol. The van der Waals surface area contributed by atoms with Crippen molar-refractivity contribution < 1.29 is 0 Å². The zero-order valence-electron chi connectivity index (χ0n) is 27.2. The zero-order chi connectivity index (χ0) is 31.7. The first-order valence-corrected chi connectivity index (χ1v) is 16.7. The van der Waals surface area contributed by atoms with E-state index >= 15 is 0 Å². The van der Waals surface area contributed by atoms with Gasteiger partial charge in [0.15, 0.2) is 0 Å². The highest BCUT2D eigenvalue weighted by Gasteiger charge is 2.18. The molecule has 232 valence electrons. The van der Waals surface area contributed by atoms with Crippen molar-refractivity contribution in [2.75, 3.05) is 27.2 Å². The van der Waals surface area contributed by atoms with Crippen LogP contribution in [0.25, 0.3) is 55.0 Å². The van der Waals surface area contributed by atoms with E-state index in [1.165, 1.54) is 66.1 Å². The molecule has 0 atom stereocenters. The first-order chi connectivity index (χ1) is 23.2. The lowest BCUT2D eigenvalue weighted by atomic mass is 10.1. The standard InChI is InChI=1S/C43H40N4/c1-44(30-32-16-13-24-38-36-22-9-11-26-40(36)46(42(32)38)34-18-5-3-6-19-34)28-15-29-45(2)31-33-17-14-25-39-37-23-10-12-27-41(37)47(43(33)39)35-20-7-4-8-21-35/h3-14,16-27H,15,28-31H2,1-2H3. The van der Waals surface area contributed by atoms with Gasteiger partial charge in [-0.05, 0) is 81.1 Å². The van der Waals surface area contributed by atoms with E-state index in [-0.39, 0.29) is 0 Å².